The number of anilines is 1. The Morgan fingerprint density at radius 2 is 1.96 bits per heavy atom. The van der Waals surface area contributed by atoms with E-state index in [-0.39, 0.29) is 0 Å². The number of likely N-dealkylation sites (tertiary alicyclic amines) is 1. The molecule has 2 atom stereocenters. The van der Waals surface area contributed by atoms with Crippen molar-refractivity contribution in [1.82, 2.24) is 14.9 Å². The van der Waals surface area contributed by atoms with Gasteiger partial charge in [-0.2, -0.15) is 0 Å². The molecule has 2 fully saturated rings. The second-order valence-corrected chi connectivity index (χ2v) is 7.04. The summed E-state index contributed by atoms with van der Waals surface area (Å²) < 4.78 is 0. The van der Waals surface area contributed by atoms with Crippen LogP contribution in [0.4, 0.5) is 5.95 Å². The van der Waals surface area contributed by atoms with E-state index in [9.17, 15) is 0 Å². The molecule has 2 aromatic rings. The summed E-state index contributed by atoms with van der Waals surface area (Å²) in [5.41, 5.74) is 3.10. The minimum Gasteiger partial charge on any atom is -0.350 e. The molecule has 1 aliphatic heterocycles. The van der Waals surface area contributed by atoms with E-state index in [4.69, 9.17) is 0 Å². The quantitative estimate of drug-likeness (QED) is 0.889. The third kappa shape index (κ3) is 3.08. The first kappa shape index (κ1) is 14.6. The van der Waals surface area contributed by atoms with Gasteiger partial charge in [-0.15, -0.1) is 0 Å². The molecular formula is C19H24N4. The van der Waals surface area contributed by atoms with E-state index >= 15 is 0 Å². The van der Waals surface area contributed by atoms with Gasteiger partial charge in [-0.3, -0.25) is 4.90 Å². The lowest BCUT2D eigenvalue weighted by Crippen LogP contribution is -2.24. The first-order valence-corrected chi connectivity index (χ1v) is 8.58. The van der Waals surface area contributed by atoms with Crippen molar-refractivity contribution in [3.05, 3.63) is 53.9 Å². The number of rotatable bonds is 6. The van der Waals surface area contributed by atoms with Gasteiger partial charge in [0.2, 0.25) is 5.95 Å². The highest BCUT2D eigenvalue weighted by Crippen LogP contribution is 2.59. The van der Waals surface area contributed by atoms with Gasteiger partial charge in [0, 0.05) is 44.1 Å². The third-order valence-electron chi connectivity index (χ3n) is 5.48. The van der Waals surface area contributed by atoms with E-state index in [1.165, 1.54) is 37.1 Å². The van der Waals surface area contributed by atoms with Gasteiger partial charge in [0.25, 0.3) is 0 Å². The molecular weight excluding hydrogens is 284 g/mol. The second kappa shape index (κ2) is 5.93. The number of nitrogens with one attached hydrogen (secondary N) is 1. The fourth-order valence-electron chi connectivity index (χ4n) is 3.93. The fourth-order valence-corrected chi connectivity index (χ4v) is 3.93. The number of aromatic nitrogens is 2. The van der Waals surface area contributed by atoms with Crippen LogP contribution in [0.3, 0.4) is 0 Å². The molecule has 1 saturated carbocycles. The van der Waals surface area contributed by atoms with Crippen molar-refractivity contribution in [2.75, 3.05) is 18.4 Å². The smallest absolute Gasteiger partial charge is 0.222 e. The van der Waals surface area contributed by atoms with Gasteiger partial charge in [-0.1, -0.05) is 37.3 Å². The van der Waals surface area contributed by atoms with Crippen LogP contribution >= 0.6 is 0 Å². The van der Waals surface area contributed by atoms with E-state index in [0.717, 1.165) is 19.0 Å². The Morgan fingerprint density at radius 1 is 1.17 bits per heavy atom. The lowest BCUT2D eigenvalue weighted by Gasteiger charge is -2.19. The van der Waals surface area contributed by atoms with Gasteiger partial charge in [-0.25, -0.2) is 9.97 Å². The zero-order valence-corrected chi connectivity index (χ0v) is 13.7. The van der Waals surface area contributed by atoms with E-state index < -0.39 is 0 Å². The number of hydrogen-bond donors (Lipinski definition) is 1. The Morgan fingerprint density at radius 3 is 2.65 bits per heavy atom. The van der Waals surface area contributed by atoms with E-state index in [2.05, 4.69) is 39.2 Å². The van der Waals surface area contributed by atoms with Crippen LogP contribution in [0.25, 0.3) is 0 Å². The van der Waals surface area contributed by atoms with Crippen molar-refractivity contribution in [3.8, 4) is 0 Å². The van der Waals surface area contributed by atoms with Crippen LogP contribution in [-0.4, -0.2) is 28.0 Å². The lowest BCUT2D eigenvalue weighted by atomic mass is 10.0. The maximum atomic E-state index is 4.45. The van der Waals surface area contributed by atoms with Crippen molar-refractivity contribution < 1.29 is 0 Å². The summed E-state index contributed by atoms with van der Waals surface area (Å²) in [4.78, 5) is 11.5. The van der Waals surface area contributed by atoms with Crippen molar-refractivity contribution in [2.24, 2.45) is 11.3 Å². The van der Waals surface area contributed by atoms with Crippen LogP contribution in [0, 0.1) is 11.3 Å². The van der Waals surface area contributed by atoms with Crippen LogP contribution in [-0.2, 0) is 13.1 Å². The third-order valence-corrected chi connectivity index (χ3v) is 5.48. The van der Waals surface area contributed by atoms with Crippen molar-refractivity contribution >= 4 is 5.95 Å². The molecule has 0 spiro atoms. The molecule has 1 aromatic heterocycles. The highest BCUT2D eigenvalue weighted by molar-refractivity contribution is 5.28. The average molecular weight is 308 g/mol. The highest BCUT2D eigenvalue weighted by Gasteiger charge is 2.57. The summed E-state index contributed by atoms with van der Waals surface area (Å²) >= 11 is 0. The molecule has 2 unspecified atom stereocenters. The average Bonchev–Trinajstić information content (AvgIpc) is 3.17. The van der Waals surface area contributed by atoms with Gasteiger partial charge in [-0.05, 0) is 29.7 Å². The van der Waals surface area contributed by atoms with Gasteiger partial charge in [0.05, 0.1) is 0 Å². The molecule has 1 aromatic carbocycles. The first-order valence-electron chi connectivity index (χ1n) is 8.58. The Bertz CT molecular complexity index is 651. The number of nitrogens with zero attached hydrogens (tertiary/aromatic N) is 3. The van der Waals surface area contributed by atoms with Gasteiger partial charge in [0.1, 0.15) is 0 Å². The van der Waals surface area contributed by atoms with Crippen molar-refractivity contribution in [3.63, 3.8) is 0 Å². The largest absolute Gasteiger partial charge is 0.350 e. The molecule has 0 bridgehead atoms. The predicted molar refractivity (Wildman–Crippen MR) is 91.9 cm³/mol. The van der Waals surface area contributed by atoms with E-state index in [1.54, 1.807) is 0 Å². The lowest BCUT2D eigenvalue weighted by molar-refractivity contribution is 0.269. The summed E-state index contributed by atoms with van der Waals surface area (Å²) in [6, 6.07) is 10.3. The van der Waals surface area contributed by atoms with Crippen LogP contribution in [0.15, 0.2) is 42.7 Å². The summed E-state index contributed by atoms with van der Waals surface area (Å²) in [6.07, 6.45) is 6.69. The number of piperidine rings is 1. The van der Waals surface area contributed by atoms with Gasteiger partial charge < -0.3 is 5.32 Å². The number of fused-ring (bicyclic) bond motifs is 1. The maximum absolute atomic E-state index is 4.45. The molecule has 0 amide bonds. The molecule has 4 heteroatoms. The number of benzene rings is 1. The summed E-state index contributed by atoms with van der Waals surface area (Å²) in [5.74, 6) is 1.65. The molecule has 2 heterocycles. The first-order chi connectivity index (χ1) is 11.3. The minimum atomic E-state index is 0.651. The molecule has 0 radical (unpaired) electrons. The van der Waals surface area contributed by atoms with Crippen LogP contribution in [0.1, 0.15) is 30.9 Å². The van der Waals surface area contributed by atoms with E-state index in [0.29, 0.717) is 11.4 Å². The van der Waals surface area contributed by atoms with Crippen molar-refractivity contribution in [2.45, 2.75) is 32.9 Å². The Kier molecular flexibility index (Phi) is 3.77. The SMILES string of the molecule is CCC12CC1CN(Cc1cnc(NCc3ccccc3)nc1)C2. The topological polar surface area (TPSA) is 41.1 Å². The van der Waals surface area contributed by atoms with Crippen LogP contribution in [0.5, 0.6) is 0 Å². The zero-order chi connectivity index (χ0) is 15.7. The molecule has 23 heavy (non-hydrogen) atoms. The van der Waals surface area contributed by atoms with E-state index in [1.807, 2.05) is 30.6 Å². The molecule has 4 nitrogen and oxygen atoms in total. The predicted octanol–water partition coefficient (Wildman–Crippen LogP) is 3.32. The minimum absolute atomic E-state index is 0.651. The summed E-state index contributed by atoms with van der Waals surface area (Å²) in [6.45, 7) is 6.58. The summed E-state index contributed by atoms with van der Waals surface area (Å²) in [5, 5.41) is 3.28. The second-order valence-electron chi connectivity index (χ2n) is 7.04. The Balaban J connectivity index is 1.30. The normalized spacial score (nSPS) is 26.0. The molecule has 4 rings (SSSR count). The number of hydrogen-bond acceptors (Lipinski definition) is 4. The molecule has 120 valence electrons. The maximum Gasteiger partial charge on any atom is 0.222 e. The fraction of sp³-hybridized carbons (Fsp3) is 0.474. The van der Waals surface area contributed by atoms with Crippen LogP contribution < -0.4 is 5.32 Å². The van der Waals surface area contributed by atoms with Gasteiger partial charge in [0.15, 0.2) is 0 Å². The standard InChI is InChI=1S/C19H24N4/c1-2-19-8-17(19)13-23(14-19)12-16-10-21-18(22-11-16)20-9-15-6-4-3-5-7-15/h3-7,10-11,17H,2,8-9,12-14H2,1H3,(H,20,21,22). The van der Waals surface area contributed by atoms with Crippen LogP contribution in [0.2, 0.25) is 0 Å². The summed E-state index contributed by atoms with van der Waals surface area (Å²) in [7, 11) is 0. The monoisotopic (exact) mass is 308 g/mol. The molecule has 1 N–H and O–H groups in total. The molecule has 1 aliphatic carbocycles. The Labute approximate surface area is 138 Å². The molecule has 1 saturated heterocycles. The zero-order valence-electron chi connectivity index (χ0n) is 13.7. The molecule has 2 aliphatic rings. The van der Waals surface area contributed by atoms with Gasteiger partial charge >= 0.3 is 0 Å². The Hall–Kier alpha value is -1.94. The highest BCUT2D eigenvalue weighted by atomic mass is 15.2. The van der Waals surface area contributed by atoms with Crippen molar-refractivity contribution in [1.29, 1.82) is 0 Å².